The molecule has 2 amide bonds. The Morgan fingerprint density at radius 2 is 1.70 bits per heavy atom. The van der Waals surface area contributed by atoms with Crippen molar-refractivity contribution < 1.29 is 19.1 Å². The van der Waals surface area contributed by atoms with E-state index in [-0.39, 0.29) is 11.8 Å². The lowest BCUT2D eigenvalue weighted by molar-refractivity contribution is -0.132. The third kappa shape index (κ3) is 5.83. The number of halogens is 1. The Balaban J connectivity index is 1.56. The highest BCUT2D eigenvalue weighted by Gasteiger charge is 2.23. The fourth-order valence-electron chi connectivity index (χ4n) is 3.51. The summed E-state index contributed by atoms with van der Waals surface area (Å²) in [6, 6.07) is 14.1. The van der Waals surface area contributed by atoms with Crippen LogP contribution in [0.5, 0.6) is 5.75 Å². The number of ether oxygens (including phenoxy) is 1. The number of amides is 2. The molecule has 0 aliphatic carbocycles. The molecule has 0 saturated carbocycles. The summed E-state index contributed by atoms with van der Waals surface area (Å²) in [4.78, 5) is 40.2. The van der Waals surface area contributed by atoms with E-state index < -0.39 is 5.97 Å². The number of carbonyl (C=O) groups excluding carboxylic acids is 3. The SMILES string of the molecule is CC(=O)Oc1cccc(C(=O)N2CCCN(C(=O)CCc3ccccc3Cl)CC2)c1. The Morgan fingerprint density at radius 1 is 0.967 bits per heavy atom. The number of rotatable bonds is 5. The summed E-state index contributed by atoms with van der Waals surface area (Å²) in [6.45, 7) is 3.48. The summed E-state index contributed by atoms with van der Waals surface area (Å²) >= 11 is 6.17. The van der Waals surface area contributed by atoms with Gasteiger partial charge in [0.2, 0.25) is 5.91 Å². The number of nitrogens with zero attached hydrogens (tertiary/aromatic N) is 2. The lowest BCUT2D eigenvalue weighted by Gasteiger charge is -2.22. The average molecular weight is 429 g/mol. The van der Waals surface area contributed by atoms with Crippen LogP contribution in [0.4, 0.5) is 0 Å². The summed E-state index contributed by atoms with van der Waals surface area (Å²) in [6.07, 6.45) is 1.70. The molecule has 1 heterocycles. The predicted molar refractivity (Wildman–Crippen MR) is 115 cm³/mol. The van der Waals surface area contributed by atoms with Gasteiger partial charge in [-0.1, -0.05) is 35.9 Å². The van der Waals surface area contributed by atoms with Crippen LogP contribution in [0.2, 0.25) is 5.02 Å². The molecule has 7 heteroatoms. The van der Waals surface area contributed by atoms with E-state index in [1.165, 1.54) is 6.92 Å². The molecule has 2 aromatic carbocycles. The fourth-order valence-corrected chi connectivity index (χ4v) is 3.74. The van der Waals surface area contributed by atoms with Crippen molar-refractivity contribution in [3.05, 3.63) is 64.7 Å². The molecular weight excluding hydrogens is 404 g/mol. The van der Waals surface area contributed by atoms with Crippen molar-refractivity contribution in [2.75, 3.05) is 26.2 Å². The van der Waals surface area contributed by atoms with Gasteiger partial charge in [-0.15, -0.1) is 0 Å². The monoisotopic (exact) mass is 428 g/mol. The lowest BCUT2D eigenvalue weighted by atomic mass is 10.1. The van der Waals surface area contributed by atoms with Gasteiger partial charge in [-0.3, -0.25) is 14.4 Å². The second kappa shape index (κ2) is 10.3. The number of hydrogen-bond donors (Lipinski definition) is 0. The van der Waals surface area contributed by atoms with Crippen LogP contribution in [0.1, 0.15) is 35.7 Å². The van der Waals surface area contributed by atoms with Crippen LogP contribution < -0.4 is 4.74 Å². The fraction of sp³-hybridized carbons (Fsp3) is 0.348. The van der Waals surface area contributed by atoms with Gasteiger partial charge in [-0.2, -0.15) is 0 Å². The lowest BCUT2D eigenvalue weighted by Crippen LogP contribution is -2.37. The highest BCUT2D eigenvalue weighted by Crippen LogP contribution is 2.19. The molecule has 0 unspecified atom stereocenters. The number of aryl methyl sites for hydroxylation is 1. The zero-order valence-electron chi connectivity index (χ0n) is 17.0. The molecule has 1 fully saturated rings. The third-order valence-electron chi connectivity index (χ3n) is 5.04. The minimum Gasteiger partial charge on any atom is -0.427 e. The first-order valence-electron chi connectivity index (χ1n) is 10.0. The maximum absolute atomic E-state index is 12.9. The first kappa shape index (κ1) is 21.8. The smallest absolute Gasteiger partial charge is 0.308 e. The Bertz CT molecular complexity index is 931. The molecule has 0 N–H and O–H groups in total. The van der Waals surface area contributed by atoms with Gasteiger partial charge < -0.3 is 14.5 Å². The van der Waals surface area contributed by atoms with E-state index in [9.17, 15) is 14.4 Å². The quantitative estimate of drug-likeness (QED) is 0.539. The summed E-state index contributed by atoms with van der Waals surface area (Å²) < 4.78 is 5.07. The second-order valence-electron chi connectivity index (χ2n) is 7.24. The van der Waals surface area contributed by atoms with Crippen molar-refractivity contribution in [3.63, 3.8) is 0 Å². The summed E-state index contributed by atoms with van der Waals surface area (Å²) in [5.74, 6) is -0.143. The standard InChI is InChI=1S/C23H25ClN2O4/c1-17(27)30-20-8-4-7-19(16-20)23(29)26-13-5-12-25(14-15-26)22(28)11-10-18-6-2-3-9-21(18)24/h2-4,6-9,16H,5,10-15H2,1H3. The predicted octanol–water partition coefficient (Wildman–Crippen LogP) is 3.57. The number of esters is 1. The van der Waals surface area contributed by atoms with Crippen LogP contribution in [0.25, 0.3) is 0 Å². The number of benzene rings is 2. The molecule has 0 bridgehead atoms. The largest absolute Gasteiger partial charge is 0.427 e. The van der Waals surface area contributed by atoms with Gasteiger partial charge in [0.15, 0.2) is 0 Å². The van der Waals surface area contributed by atoms with Crippen LogP contribution in [-0.4, -0.2) is 53.8 Å². The summed E-state index contributed by atoms with van der Waals surface area (Å²) in [7, 11) is 0. The second-order valence-corrected chi connectivity index (χ2v) is 7.65. The Labute approximate surface area is 181 Å². The topological polar surface area (TPSA) is 66.9 Å². The molecule has 1 aliphatic rings. The van der Waals surface area contributed by atoms with Crippen LogP contribution in [0.15, 0.2) is 48.5 Å². The molecule has 6 nitrogen and oxygen atoms in total. The van der Waals surface area contributed by atoms with Gasteiger partial charge in [-0.25, -0.2) is 0 Å². The first-order chi connectivity index (χ1) is 14.4. The molecule has 1 saturated heterocycles. The van der Waals surface area contributed by atoms with Crippen LogP contribution in [0.3, 0.4) is 0 Å². The van der Waals surface area contributed by atoms with Gasteiger partial charge in [0.05, 0.1) is 0 Å². The van der Waals surface area contributed by atoms with E-state index in [0.717, 1.165) is 5.56 Å². The average Bonchev–Trinajstić information content (AvgIpc) is 2.98. The van der Waals surface area contributed by atoms with Gasteiger partial charge in [0.1, 0.15) is 5.75 Å². The minimum absolute atomic E-state index is 0.0704. The van der Waals surface area contributed by atoms with Gasteiger partial charge in [0, 0.05) is 50.1 Å². The van der Waals surface area contributed by atoms with Crippen molar-refractivity contribution in [2.45, 2.75) is 26.2 Å². The van der Waals surface area contributed by atoms with E-state index in [2.05, 4.69) is 0 Å². The van der Waals surface area contributed by atoms with E-state index in [1.807, 2.05) is 29.2 Å². The molecule has 30 heavy (non-hydrogen) atoms. The zero-order chi connectivity index (χ0) is 21.5. The highest BCUT2D eigenvalue weighted by atomic mass is 35.5. The maximum Gasteiger partial charge on any atom is 0.308 e. The van der Waals surface area contributed by atoms with Gasteiger partial charge in [0.25, 0.3) is 5.91 Å². The minimum atomic E-state index is -0.430. The molecule has 0 spiro atoms. The normalized spacial score (nSPS) is 14.2. The Hall–Kier alpha value is -2.86. The molecule has 3 rings (SSSR count). The Morgan fingerprint density at radius 3 is 2.47 bits per heavy atom. The third-order valence-corrected chi connectivity index (χ3v) is 5.41. The zero-order valence-corrected chi connectivity index (χ0v) is 17.7. The number of hydrogen-bond acceptors (Lipinski definition) is 4. The first-order valence-corrected chi connectivity index (χ1v) is 10.4. The summed E-state index contributed by atoms with van der Waals surface area (Å²) in [5.41, 5.74) is 1.43. The molecular formula is C23H25ClN2O4. The van der Waals surface area contributed by atoms with Crippen molar-refractivity contribution in [1.82, 2.24) is 9.80 Å². The van der Waals surface area contributed by atoms with Crippen LogP contribution >= 0.6 is 11.6 Å². The molecule has 0 atom stereocenters. The molecule has 0 aromatic heterocycles. The van der Waals surface area contributed by atoms with E-state index >= 15 is 0 Å². The Kier molecular flexibility index (Phi) is 7.46. The van der Waals surface area contributed by atoms with Gasteiger partial charge in [-0.05, 0) is 42.7 Å². The molecule has 158 valence electrons. The van der Waals surface area contributed by atoms with Crippen molar-refractivity contribution in [2.24, 2.45) is 0 Å². The van der Waals surface area contributed by atoms with Crippen LogP contribution in [-0.2, 0) is 16.0 Å². The number of carbonyl (C=O) groups is 3. The van der Waals surface area contributed by atoms with Crippen molar-refractivity contribution >= 4 is 29.4 Å². The molecule has 0 radical (unpaired) electrons. The van der Waals surface area contributed by atoms with E-state index in [4.69, 9.17) is 16.3 Å². The molecule has 2 aromatic rings. The van der Waals surface area contributed by atoms with Crippen LogP contribution in [0, 0.1) is 0 Å². The van der Waals surface area contributed by atoms with Gasteiger partial charge >= 0.3 is 5.97 Å². The van der Waals surface area contributed by atoms with Crippen molar-refractivity contribution in [1.29, 1.82) is 0 Å². The van der Waals surface area contributed by atoms with E-state index in [0.29, 0.717) is 61.8 Å². The van der Waals surface area contributed by atoms with Crippen molar-refractivity contribution in [3.8, 4) is 5.75 Å². The maximum atomic E-state index is 12.9. The summed E-state index contributed by atoms with van der Waals surface area (Å²) in [5, 5.41) is 0.675. The van der Waals surface area contributed by atoms with E-state index in [1.54, 1.807) is 29.2 Å². The molecule has 1 aliphatic heterocycles. The highest BCUT2D eigenvalue weighted by molar-refractivity contribution is 6.31.